The number of anilines is 1. The molecule has 0 fully saturated rings. The van der Waals surface area contributed by atoms with Gasteiger partial charge in [0.05, 0.1) is 17.4 Å². The highest BCUT2D eigenvalue weighted by Crippen LogP contribution is 2.28. The lowest BCUT2D eigenvalue weighted by molar-refractivity contribution is -0.118. The van der Waals surface area contributed by atoms with Crippen molar-refractivity contribution in [3.63, 3.8) is 0 Å². The molecule has 35 heavy (non-hydrogen) atoms. The van der Waals surface area contributed by atoms with E-state index >= 15 is 0 Å². The molecule has 9 heteroatoms. The summed E-state index contributed by atoms with van der Waals surface area (Å²) >= 11 is 0. The second-order valence-corrected chi connectivity index (χ2v) is 9.35. The van der Waals surface area contributed by atoms with Crippen LogP contribution in [0.4, 0.5) is 14.5 Å². The van der Waals surface area contributed by atoms with E-state index in [4.69, 9.17) is 0 Å². The minimum absolute atomic E-state index is 0.0689. The number of amides is 2. The molecule has 0 saturated carbocycles. The van der Waals surface area contributed by atoms with Gasteiger partial charge in [0.25, 0.3) is 5.91 Å². The summed E-state index contributed by atoms with van der Waals surface area (Å²) in [6, 6.07) is 2.52. The molecule has 1 aliphatic heterocycles. The van der Waals surface area contributed by atoms with E-state index in [1.807, 2.05) is 6.92 Å². The van der Waals surface area contributed by atoms with Crippen LogP contribution in [0.15, 0.2) is 24.5 Å². The summed E-state index contributed by atoms with van der Waals surface area (Å²) < 4.78 is 30.4. The van der Waals surface area contributed by atoms with Crippen molar-refractivity contribution in [2.75, 3.05) is 31.1 Å². The van der Waals surface area contributed by atoms with E-state index in [1.54, 1.807) is 33.8 Å². The largest absolute Gasteiger partial charge is 0.334 e. The molecule has 1 aromatic carbocycles. The molecule has 2 amide bonds. The number of carbonyl (C=O) groups excluding carboxylic acids is 2. The van der Waals surface area contributed by atoms with Crippen LogP contribution < -0.4 is 4.90 Å². The summed E-state index contributed by atoms with van der Waals surface area (Å²) in [4.78, 5) is 31.9. The zero-order valence-electron chi connectivity index (χ0n) is 21.3. The molecule has 192 valence electrons. The molecular formula is C26H37F2N5O2. The van der Waals surface area contributed by atoms with Crippen molar-refractivity contribution >= 4 is 17.5 Å². The average molecular weight is 490 g/mol. The number of halogens is 2. The van der Waals surface area contributed by atoms with Crippen LogP contribution in [0.25, 0.3) is 0 Å². The molecule has 0 radical (unpaired) electrons. The van der Waals surface area contributed by atoms with Gasteiger partial charge >= 0.3 is 0 Å². The predicted octanol–water partition coefficient (Wildman–Crippen LogP) is 4.46. The SMILES string of the molecule is CCCn1cc(C(=O)N2CCCN(C(C)C)CCCN(C(=O)CC)c3cc(F)c(F)cc3C2)cn1. The summed E-state index contributed by atoms with van der Waals surface area (Å²) in [6.45, 7) is 11.2. The second-order valence-electron chi connectivity index (χ2n) is 9.35. The molecule has 0 unspecified atom stereocenters. The average Bonchev–Trinajstić information content (AvgIpc) is 3.29. The molecular weight excluding hydrogens is 452 g/mol. The van der Waals surface area contributed by atoms with Crippen LogP contribution in [-0.2, 0) is 17.9 Å². The molecule has 0 aliphatic carbocycles. The Labute approximate surface area is 206 Å². The number of hydrogen-bond acceptors (Lipinski definition) is 4. The topological polar surface area (TPSA) is 61.7 Å². The molecule has 1 aromatic heterocycles. The Bertz CT molecular complexity index is 1020. The van der Waals surface area contributed by atoms with Crippen LogP contribution in [0, 0.1) is 11.6 Å². The summed E-state index contributed by atoms with van der Waals surface area (Å²) in [7, 11) is 0. The maximum absolute atomic E-state index is 14.4. The van der Waals surface area contributed by atoms with Gasteiger partial charge in [-0.3, -0.25) is 14.3 Å². The first-order valence-corrected chi connectivity index (χ1v) is 12.6. The van der Waals surface area contributed by atoms with E-state index in [2.05, 4.69) is 23.8 Å². The van der Waals surface area contributed by atoms with E-state index in [-0.39, 0.29) is 24.8 Å². The summed E-state index contributed by atoms with van der Waals surface area (Å²) in [5.74, 6) is -2.38. The molecule has 0 atom stereocenters. The van der Waals surface area contributed by atoms with Crippen LogP contribution in [-0.4, -0.2) is 63.6 Å². The van der Waals surface area contributed by atoms with Crippen molar-refractivity contribution in [2.45, 2.75) is 72.5 Å². The summed E-state index contributed by atoms with van der Waals surface area (Å²) in [6.07, 6.45) is 5.86. The normalized spacial score (nSPS) is 16.1. The van der Waals surface area contributed by atoms with Crippen molar-refractivity contribution in [1.29, 1.82) is 0 Å². The van der Waals surface area contributed by atoms with Gasteiger partial charge in [-0.25, -0.2) is 8.78 Å². The number of hydrogen-bond donors (Lipinski definition) is 0. The Balaban J connectivity index is 2.02. The van der Waals surface area contributed by atoms with Gasteiger partial charge in [0.2, 0.25) is 5.91 Å². The number of fused-ring (bicyclic) bond motifs is 1. The second kappa shape index (κ2) is 12.2. The van der Waals surface area contributed by atoms with Gasteiger partial charge in [0.15, 0.2) is 11.6 Å². The van der Waals surface area contributed by atoms with Crippen LogP contribution in [0.1, 0.15) is 69.3 Å². The lowest BCUT2D eigenvalue weighted by atomic mass is 10.1. The number of carbonyl (C=O) groups is 2. The predicted molar refractivity (Wildman–Crippen MR) is 132 cm³/mol. The lowest BCUT2D eigenvalue weighted by Crippen LogP contribution is -2.40. The van der Waals surface area contributed by atoms with Crippen LogP contribution >= 0.6 is 0 Å². The molecule has 7 nitrogen and oxygen atoms in total. The van der Waals surface area contributed by atoms with Crippen molar-refractivity contribution in [3.8, 4) is 0 Å². The van der Waals surface area contributed by atoms with Gasteiger partial charge in [0, 0.05) is 64.0 Å². The van der Waals surface area contributed by atoms with Crippen molar-refractivity contribution in [3.05, 3.63) is 47.3 Å². The first-order valence-electron chi connectivity index (χ1n) is 12.6. The third kappa shape index (κ3) is 6.66. The summed E-state index contributed by atoms with van der Waals surface area (Å²) in [5.41, 5.74) is 1.20. The maximum Gasteiger partial charge on any atom is 0.257 e. The Kier molecular flexibility index (Phi) is 9.37. The number of aromatic nitrogens is 2. The Hall–Kier alpha value is -2.81. The fourth-order valence-corrected chi connectivity index (χ4v) is 4.52. The van der Waals surface area contributed by atoms with Gasteiger partial charge < -0.3 is 14.7 Å². The van der Waals surface area contributed by atoms with E-state index in [9.17, 15) is 18.4 Å². The smallest absolute Gasteiger partial charge is 0.257 e. The molecule has 3 rings (SSSR count). The number of benzene rings is 1. The zero-order chi connectivity index (χ0) is 25.5. The standard InChI is InChI=1S/C26H37F2N5O2/c1-5-9-32-18-21(16-29-32)26(35)31-12-7-10-30(19(3)4)11-8-13-33(25(34)6-2)24-15-23(28)22(27)14-20(24)17-31/h14-16,18-19H,5-13,17H2,1-4H3. The third-order valence-corrected chi connectivity index (χ3v) is 6.43. The first-order chi connectivity index (χ1) is 16.7. The van der Waals surface area contributed by atoms with Crippen LogP contribution in [0.3, 0.4) is 0 Å². The minimum atomic E-state index is -1.01. The minimum Gasteiger partial charge on any atom is -0.334 e. The Morgan fingerprint density at radius 3 is 2.37 bits per heavy atom. The number of aryl methyl sites for hydroxylation is 1. The molecule has 0 saturated heterocycles. The number of nitrogens with zero attached hydrogens (tertiary/aromatic N) is 5. The quantitative estimate of drug-likeness (QED) is 0.622. The maximum atomic E-state index is 14.4. The highest BCUT2D eigenvalue weighted by molar-refractivity contribution is 5.95. The zero-order valence-corrected chi connectivity index (χ0v) is 21.3. The van der Waals surface area contributed by atoms with Crippen molar-refractivity contribution in [2.24, 2.45) is 0 Å². The third-order valence-electron chi connectivity index (χ3n) is 6.43. The molecule has 0 N–H and O–H groups in total. The highest BCUT2D eigenvalue weighted by atomic mass is 19.2. The molecule has 1 aliphatic rings. The fourth-order valence-electron chi connectivity index (χ4n) is 4.52. The van der Waals surface area contributed by atoms with E-state index in [0.717, 1.165) is 38.1 Å². The highest BCUT2D eigenvalue weighted by Gasteiger charge is 2.25. The summed E-state index contributed by atoms with van der Waals surface area (Å²) in [5, 5.41) is 4.27. The lowest BCUT2D eigenvalue weighted by Gasteiger charge is -2.33. The van der Waals surface area contributed by atoms with E-state index in [0.29, 0.717) is 48.9 Å². The Morgan fingerprint density at radius 1 is 1.03 bits per heavy atom. The van der Waals surface area contributed by atoms with Crippen LogP contribution in [0.2, 0.25) is 0 Å². The van der Waals surface area contributed by atoms with E-state index in [1.165, 1.54) is 0 Å². The molecule has 2 heterocycles. The van der Waals surface area contributed by atoms with Gasteiger partial charge in [-0.05, 0) is 44.7 Å². The monoisotopic (exact) mass is 489 g/mol. The van der Waals surface area contributed by atoms with Gasteiger partial charge in [-0.1, -0.05) is 13.8 Å². The van der Waals surface area contributed by atoms with Crippen LogP contribution in [0.5, 0.6) is 0 Å². The van der Waals surface area contributed by atoms with Gasteiger partial charge in [0.1, 0.15) is 0 Å². The van der Waals surface area contributed by atoms with Crippen molar-refractivity contribution < 1.29 is 18.4 Å². The molecule has 0 spiro atoms. The number of rotatable bonds is 5. The Morgan fingerprint density at radius 2 is 1.71 bits per heavy atom. The fraction of sp³-hybridized carbons (Fsp3) is 0.577. The van der Waals surface area contributed by atoms with Gasteiger partial charge in [-0.2, -0.15) is 5.10 Å². The molecule has 0 bridgehead atoms. The first kappa shape index (κ1) is 26.8. The molecule has 2 aromatic rings. The van der Waals surface area contributed by atoms with Crippen molar-refractivity contribution in [1.82, 2.24) is 19.6 Å². The van der Waals surface area contributed by atoms with E-state index < -0.39 is 11.6 Å². The van der Waals surface area contributed by atoms with Gasteiger partial charge in [-0.15, -0.1) is 0 Å².